The molecular weight excluding hydrogens is 576 g/mol. The summed E-state index contributed by atoms with van der Waals surface area (Å²) in [6.45, 7) is 14.6. The van der Waals surface area contributed by atoms with Crippen LogP contribution in [0.2, 0.25) is 0 Å². The monoisotopic (exact) mass is 617 g/mol. The molecular formula is C34H41N4O7+. The Kier molecular flexibility index (Phi) is 13.0. The van der Waals surface area contributed by atoms with Crippen molar-refractivity contribution in [1.82, 2.24) is 0 Å². The van der Waals surface area contributed by atoms with Crippen LogP contribution >= 0.6 is 0 Å². The van der Waals surface area contributed by atoms with E-state index in [9.17, 15) is 14.5 Å². The molecule has 2 N–H and O–H groups in total. The number of benzene rings is 3. The van der Waals surface area contributed by atoms with E-state index in [1.165, 1.54) is 7.05 Å². The molecule has 0 heterocycles. The van der Waals surface area contributed by atoms with Crippen LogP contribution in [0.1, 0.15) is 19.4 Å². The average molecular weight is 618 g/mol. The molecule has 3 aromatic rings. The predicted molar refractivity (Wildman–Crippen MR) is 177 cm³/mol. The Labute approximate surface area is 264 Å². The van der Waals surface area contributed by atoms with Crippen LogP contribution in [0.3, 0.4) is 0 Å². The molecule has 0 spiro atoms. The first-order valence-corrected chi connectivity index (χ1v) is 14.6. The number of hydrogen-bond donors (Lipinski definition) is 2. The van der Waals surface area contributed by atoms with Crippen LogP contribution < -0.4 is 25.0 Å². The third-order valence-corrected chi connectivity index (χ3v) is 6.58. The molecule has 0 aliphatic heterocycles. The highest BCUT2D eigenvalue weighted by Gasteiger charge is 2.16. The van der Waals surface area contributed by atoms with Gasteiger partial charge in [0.05, 0.1) is 37.7 Å². The zero-order chi connectivity index (χ0) is 32.8. The van der Waals surface area contributed by atoms with E-state index in [2.05, 4.69) is 23.8 Å². The van der Waals surface area contributed by atoms with E-state index >= 15 is 0 Å². The molecule has 3 rings (SSSR count). The van der Waals surface area contributed by atoms with E-state index in [1.54, 1.807) is 12.1 Å². The maximum atomic E-state index is 11.6. The molecule has 0 aliphatic carbocycles. The number of aryl methyl sites for hydroxylation is 1. The zero-order valence-electron chi connectivity index (χ0n) is 26.3. The number of anilines is 5. The summed E-state index contributed by atoms with van der Waals surface area (Å²) in [7, 11) is 1.45. The molecule has 0 fully saturated rings. The molecule has 0 saturated heterocycles. The van der Waals surface area contributed by atoms with Gasteiger partial charge in [-0.2, -0.15) is 0 Å². The third-order valence-electron chi connectivity index (χ3n) is 6.58. The number of esters is 2. The van der Waals surface area contributed by atoms with Gasteiger partial charge in [0.15, 0.2) is 7.05 Å². The highest BCUT2D eigenvalue weighted by molar-refractivity contribution is 5.82. The Morgan fingerprint density at radius 2 is 1.33 bits per heavy atom. The van der Waals surface area contributed by atoms with Crippen molar-refractivity contribution >= 4 is 46.1 Å². The zero-order valence-corrected chi connectivity index (χ0v) is 26.3. The largest absolute Gasteiger partial charge is 0.492 e. The lowest BCUT2D eigenvalue weighted by Gasteiger charge is -2.25. The van der Waals surface area contributed by atoms with Gasteiger partial charge in [-0.15, -0.1) is 0 Å². The Balaban J connectivity index is 1.87. The van der Waals surface area contributed by atoms with Crippen molar-refractivity contribution in [2.24, 2.45) is 0 Å². The molecule has 3 aromatic carbocycles. The Hall–Kier alpha value is -5.32. The van der Waals surface area contributed by atoms with Crippen molar-refractivity contribution in [3.8, 4) is 11.5 Å². The molecule has 45 heavy (non-hydrogen) atoms. The molecule has 0 aliphatic rings. The summed E-state index contributed by atoms with van der Waals surface area (Å²) in [5.74, 6) is 0.229. The predicted octanol–water partition coefficient (Wildman–Crippen LogP) is 6.58. The lowest BCUT2D eigenvalue weighted by molar-refractivity contribution is -0.428. The van der Waals surface area contributed by atoms with Crippen molar-refractivity contribution in [1.29, 1.82) is 0 Å². The highest BCUT2D eigenvalue weighted by atomic mass is 16.5. The van der Waals surface area contributed by atoms with Gasteiger partial charge >= 0.3 is 11.9 Å². The van der Waals surface area contributed by atoms with Gasteiger partial charge in [0.25, 0.3) is 5.69 Å². The smallest absolute Gasteiger partial charge is 0.330 e. The number of nitrogens with zero attached hydrogens (tertiary/aromatic N) is 2. The number of carbonyl (C=O) groups is 2. The summed E-state index contributed by atoms with van der Waals surface area (Å²) >= 11 is 0. The van der Waals surface area contributed by atoms with E-state index in [0.717, 1.165) is 45.2 Å². The molecule has 238 valence electrons. The fraction of sp³-hybridized carbons (Fsp3) is 0.294. The van der Waals surface area contributed by atoms with Gasteiger partial charge in [-0.25, -0.2) is 9.59 Å². The van der Waals surface area contributed by atoms with Crippen LogP contribution in [-0.2, 0) is 19.1 Å². The lowest BCUT2D eigenvalue weighted by Crippen LogP contribution is -2.32. The summed E-state index contributed by atoms with van der Waals surface area (Å²) in [5, 5.41) is 6.85. The molecule has 11 nitrogen and oxygen atoms in total. The number of nitrogens with one attached hydrogen (secondary N) is 2. The third kappa shape index (κ3) is 10.1. The van der Waals surface area contributed by atoms with Gasteiger partial charge < -0.3 is 34.5 Å². The van der Waals surface area contributed by atoms with Crippen LogP contribution in [0.15, 0.2) is 79.9 Å². The van der Waals surface area contributed by atoms with Crippen LogP contribution in [0.4, 0.5) is 34.1 Å². The van der Waals surface area contributed by atoms with Crippen LogP contribution in [0, 0.1) is 11.8 Å². The fourth-order valence-electron chi connectivity index (χ4n) is 4.35. The first-order chi connectivity index (χ1) is 21.7. The quantitative estimate of drug-likeness (QED) is 0.0920. The molecule has 0 unspecified atom stereocenters. The summed E-state index contributed by atoms with van der Waals surface area (Å²) < 4.78 is 23.1. The van der Waals surface area contributed by atoms with Crippen LogP contribution in [0.5, 0.6) is 11.5 Å². The summed E-state index contributed by atoms with van der Waals surface area (Å²) in [6.07, 6.45) is 2.23. The van der Waals surface area contributed by atoms with Crippen molar-refractivity contribution in [3.05, 3.63) is 90.4 Å². The van der Waals surface area contributed by atoms with Crippen molar-refractivity contribution < 1.29 is 33.3 Å². The number of rotatable bonds is 18. The van der Waals surface area contributed by atoms with Crippen LogP contribution in [0.25, 0.3) is 0 Å². The first kappa shape index (κ1) is 34.2. The van der Waals surface area contributed by atoms with E-state index in [1.807, 2.05) is 68.1 Å². The molecule has 0 atom stereocenters. The van der Waals surface area contributed by atoms with Gasteiger partial charge in [0.2, 0.25) is 0 Å². The summed E-state index contributed by atoms with van der Waals surface area (Å²) in [5.41, 5.74) is 5.42. The second-order valence-corrected chi connectivity index (χ2v) is 9.73. The first-order valence-electron chi connectivity index (χ1n) is 14.6. The molecule has 0 bridgehead atoms. The second kappa shape index (κ2) is 17.1. The number of hydrogen-bond acceptors (Lipinski definition) is 10. The number of carbonyl (C=O) groups excluding carboxylic acids is 2. The minimum absolute atomic E-state index is 0.136. The molecule has 0 amide bonds. The highest BCUT2D eigenvalue weighted by Crippen LogP contribution is 2.40. The lowest BCUT2D eigenvalue weighted by atomic mass is 10.1. The molecule has 0 aromatic heterocycles. The fourth-order valence-corrected chi connectivity index (χ4v) is 4.35. The Morgan fingerprint density at radius 3 is 1.80 bits per heavy atom. The van der Waals surface area contributed by atoms with Gasteiger partial charge in [0, 0.05) is 63.1 Å². The summed E-state index contributed by atoms with van der Waals surface area (Å²) in [4.78, 5) is 36.7. The SMILES string of the molecule is C=CC(=O)OCCN(CCOC(=O)C=C)c1ccc(Nc2cc(OCC)c(Nc3ccc([N+](C)=O)cc3)cc2OCC)c(C)c1. The Morgan fingerprint density at radius 1 is 0.800 bits per heavy atom. The average Bonchev–Trinajstić information content (AvgIpc) is 3.03. The second-order valence-electron chi connectivity index (χ2n) is 9.73. The number of ether oxygens (including phenoxy) is 4. The van der Waals surface area contributed by atoms with E-state index in [-0.39, 0.29) is 13.2 Å². The normalized spacial score (nSPS) is 10.3. The Bertz CT molecular complexity index is 1480. The maximum absolute atomic E-state index is 11.6. The van der Waals surface area contributed by atoms with Crippen molar-refractivity contribution in [2.75, 3.05) is 62.1 Å². The van der Waals surface area contributed by atoms with Crippen molar-refractivity contribution in [3.63, 3.8) is 0 Å². The molecule has 0 radical (unpaired) electrons. The standard InChI is InChI=1S/C34H41N4O7/c1-7-33(39)44-19-17-38(18-20-45-34(40)8-2)27-15-16-28(24(5)21-27)36-30-23-31(42-9-3)29(22-32(30)43-10-4)35-25-11-13-26(14-12-25)37(6)41/h7-8,11-16,21-23,35-36H,1-2,9-10,17-20H2,3-6H3/q+1. The van der Waals surface area contributed by atoms with E-state index in [4.69, 9.17) is 18.9 Å². The van der Waals surface area contributed by atoms with E-state index in [0.29, 0.717) is 49.2 Å². The minimum Gasteiger partial charge on any atom is -0.492 e. The summed E-state index contributed by atoms with van der Waals surface area (Å²) in [6, 6.07) is 16.8. The van der Waals surface area contributed by atoms with Crippen LogP contribution in [-0.4, -0.2) is 63.3 Å². The van der Waals surface area contributed by atoms with E-state index < -0.39 is 11.9 Å². The maximum Gasteiger partial charge on any atom is 0.330 e. The van der Waals surface area contributed by atoms with Gasteiger partial charge in [-0.05, 0) is 56.7 Å². The number of nitroso groups, excluding NO2 is 1. The van der Waals surface area contributed by atoms with Crippen molar-refractivity contribution in [2.45, 2.75) is 20.8 Å². The topological polar surface area (TPSA) is 118 Å². The minimum atomic E-state index is -0.508. The van der Waals surface area contributed by atoms with Gasteiger partial charge in [-0.3, -0.25) is 0 Å². The van der Waals surface area contributed by atoms with Gasteiger partial charge in [-0.1, -0.05) is 13.2 Å². The van der Waals surface area contributed by atoms with Gasteiger partial charge in [0.1, 0.15) is 24.7 Å². The molecule has 0 saturated carbocycles. The molecule has 11 heteroatoms.